The summed E-state index contributed by atoms with van der Waals surface area (Å²) < 4.78 is 84.6. The Morgan fingerprint density at radius 3 is 2.42 bits per heavy atom. The van der Waals surface area contributed by atoms with Crippen LogP contribution in [0.15, 0.2) is 23.7 Å². The number of aliphatic hydroxyl groups excluding tert-OH is 1. The summed E-state index contributed by atoms with van der Waals surface area (Å²) in [7, 11) is -4.73. The Bertz CT molecular complexity index is 1760. The number of ether oxygens (including phenoxy) is 1. The van der Waals surface area contributed by atoms with Crippen molar-refractivity contribution in [2.75, 3.05) is 18.9 Å². The Balaban J connectivity index is 1.41. The van der Waals surface area contributed by atoms with E-state index in [0.717, 1.165) is 16.1 Å². The van der Waals surface area contributed by atoms with Crippen molar-refractivity contribution in [1.29, 1.82) is 0 Å². The van der Waals surface area contributed by atoms with Gasteiger partial charge in [0.15, 0.2) is 5.67 Å². The molecule has 2 aliphatic rings. The molecule has 288 valence electrons. The molecule has 2 heterocycles. The molecule has 3 amide bonds. The summed E-state index contributed by atoms with van der Waals surface area (Å²) in [5.41, 5.74) is 0.906. The maximum absolute atomic E-state index is 14.5. The van der Waals surface area contributed by atoms with Gasteiger partial charge in [-0.2, -0.15) is 21.6 Å². The first-order valence-electron chi connectivity index (χ1n) is 16.6. The van der Waals surface area contributed by atoms with Crippen molar-refractivity contribution >= 4 is 45.1 Å². The first kappa shape index (κ1) is 40.9. The van der Waals surface area contributed by atoms with Gasteiger partial charge in [-0.05, 0) is 56.1 Å². The van der Waals surface area contributed by atoms with Gasteiger partial charge < -0.3 is 29.6 Å². The number of hydrogen-bond donors (Lipinski definition) is 3. The van der Waals surface area contributed by atoms with Crippen molar-refractivity contribution in [3.63, 3.8) is 0 Å². The average molecular weight is 779 g/mol. The normalized spacial score (nSPS) is 19.1. The van der Waals surface area contributed by atoms with Crippen molar-refractivity contribution in [2.24, 2.45) is 5.41 Å². The largest absolute Gasteiger partial charge is 0.493 e. The Morgan fingerprint density at radius 2 is 1.83 bits per heavy atom. The molecule has 3 atom stereocenters. The standard InChI is InChI=1S/C33H42F4N4O9S2/c1-19-25(51-18-39-19)20-8-9-21(24(14-20)49-12-6-5-7-13-52(47,48)50-30(46)33(35,36)37)16-38-27(43)23-15-22(42)17-41(23)28(44)26(31(2,3)4)40-29(45)32(34)10-11-32/h8-9,14,18,22-23,26,42H,5-7,10-13,15-17H2,1-4H3,(H,38,43)(H,40,45)/t22-,23+,26-/m1/s1. The molecule has 1 saturated carbocycles. The minimum atomic E-state index is -5.44. The lowest BCUT2D eigenvalue weighted by atomic mass is 9.85. The highest BCUT2D eigenvalue weighted by atomic mass is 32.2. The van der Waals surface area contributed by atoms with E-state index < -0.39 is 75.0 Å². The van der Waals surface area contributed by atoms with Gasteiger partial charge in [-0.25, -0.2) is 14.2 Å². The van der Waals surface area contributed by atoms with E-state index in [1.807, 2.05) is 13.0 Å². The van der Waals surface area contributed by atoms with Gasteiger partial charge in [0, 0.05) is 25.1 Å². The second kappa shape index (κ2) is 16.0. The molecule has 2 aromatic rings. The number of carbonyl (C=O) groups excluding carboxylic acids is 4. The van der Waals surface area contributed by atoms with Crippen LogP contribution in [0.2, 0.25) is 0 Å². The summed E-state index contributed by atoms with van der Waals surface area (Å²) in [6, 6.07) is 3.04. The molecule has 52 heavy (non-hydrogen) atoms. The molecule has 1 aromatic carbocycles. The van der Waals surface area contributed by atoms with Crippen LogP contribution in [0.1, 0.15) is 70.6 Å². The Hall–Kier alpha value is -3.84. The highest BCUT2D eigenvalue weighted by molar-refractivity contribution is 7.87. The third-order valence-corrected chi connectivity index (χ3v) is 10.8. The van der Waals surface area contributed by atoms with Crippen LogP contribution in [0.25, 0.3) is 10.4 Å². The van der Waals surface area contributed by atoms with Crippen LogP contribution in [0, 0.1) is 12.3 Å². The van der Waals surface area contributed by atoms with Crippen molar-refractivity contribution < 1.29 is 59.2 Å². The number of aromatic nitrogens is 1. The third kappa shape index (κ3) is 10.6. The Kier molecular flexibility index (Phi) is 12.6. The smallest absolute Gasteiger partial charge is 0.492 e. The zero-order valence-electron chi connectivity index (χ0n) is 29.0. The van der Waals surface area contributed by atoms with E-state index in [2.05, 4.69) is 19.8 Å². The number of aliphatic hydroxyl groups is 1. The molecule has 2 fully saturated rings. The molecule has 0 spiro atoms. The first-order chi connectivity index (χ1) is 24.1. The lowest BCUT2D eigenvalue weighted by Crippen LogP contribution is -2.59. The van der Waals surface area contributed by atoms with Crippen molar-refractivity contribution in [3.8, 4) is 16.2 Å². The van der Waals surface area contributed by atoms with Gasteiger partial charge in [-0.1, -0.05) is 32.9 Å². The molecule has 13 nitrogen and oxygen atoms in total. The molecule has 1 saturated heterocycles. The maximum atomic E-state index is 14.5. The summed E-state index contributed by atoms with van der Waals surface area (Å²) in [5.74, 6) is -5.33. The molecule has 0 radical (unpaired) electrons. The molecular formula is C33H42F4N4O9S2. The van der Waals surface area contributed by atoms with Gasteiger partial charge in [0.1, 0.15) is 17.8 Å². The number of alkyl halides is 4. The highest BCUT2D eigenvalue weighted by Gasteiger charge is 2.53. The van der Waals surface area contributed by atoms with Gasteiger partial charge in [0.05, 0.1) is 34.5 Å². The zero-order chi connectivity index (χ0) is 38.6. The summed E-state index contributed by atoms with van der Waals surface area (Å²) in [6.07, 6.45) is -6.01. The number of β-amino-alcohol motifs (C(OH)–C–C–N with tert-alkyl or cyclic N) is 1. The van der Waals surface area contributed by atoms with E-state index >= 15 is 0 Å². The lowest BCUT2D eigenvalue weighted by Gasteiger charge is -2.35. The molecular weight excluding hydrogens is 737 g/mol. The van der Waals surface area contributed by atoms with Gasteiger partial charge >= 0.3 is 22.3 Å². The van der Waals surface area contributed by atoms with E-state index in [0.29, 0.717) is 11.3 Å². The third-order valence-electron chi connectivity index (χ3n) is 8.61. The number of unbranched alkanes of at least 4 members (excludes halogenated alkanes) is 2. The number of hydrogen-bond acceptors (Lipinski definition) is 11. The highest BCUT2D eigenvalue weighted by Crippen LogP contribution is 2.40. The van der Waals surface area contributed by atoms with Crippen LogP contribution in [0.5, 0.6) is 5.75 Å². The Labute approximate surface area is 302 Å². The van der Waals surface area contributed by atoms with Crippen LogP contribution >= 0.6 is 11.3 Å². The fourth-order valence-corrected chi connectivity index (χ4v) is 7.29. The number of carbonyl (C=O) groups is 4. The number of nitrogens with zero attached hydrogens (tertiary/aromatic N) is 2. The molecule has 4 rings (SSSR count). The number of benzene rings is 1. The van der Waals surface area contributed by atoms with Crippen molar-refractivity contribution in [1.82, 2.24) is 20.5 Å². The number of likely N-dealkylation sites (tertiary alicyclic amines) is 1. The Morgan fingerprint density at radius 1 is 1.13 bits per heavy atom. The minimum Gasteiger partial charge on any atom is -0.493 e. The zero-order valence-corrected chi connectivity index (χ0v) is 30.7. The molecule has 19 heteroatoms. The van der Waals surface area contributed by atoms with E-state index in [1.165, 1.54) is 16.2 Å². The quantitative estimate of drug-likeness (QED) is 0.137. The van der Waals surface area contributed by atoms with E-state index in [1.54, 1.807) is 38.4 Å². The summed E-state index contributed by atoms with van der Waals surface area (Å²) in [5, 5.41) is 15.8. The minimum absolute atomic E-state index is 0.0582. The second-order valence-corrected chi connectivity index (χ2v) is 16.5. The molecule has 1 aromatic heterocycles. The fourth-order valence-electron chi connectivity index (χ4n) is 5.52. The van der Waals surface area contributed by atoms with Gasteiger partial charge in [0.2, 0.25) is 11.8 Å². The number of aryl methyl sites for hydroxylation is 1. The maximum Gasteiger partial charge on any atom is 0.492 e. The second-order valence-electron chi connectivity index (χ2n) is 14.0. The predicted octanol–water partition coefficient (Wildman–Crippen LogP) is 3.71. The molecule has 1 aliphatic heterocycles. The first-order valence-corrected chi connectivity index (χ1v) is 19.0. The summed E-state index contributed by atoms with van der Waals surface area (Å²) in [6.45, 7) is 6.77. The summed E-state index contributed by atoms with van der Waals surface area (Å²) >= 11 is 1.40. The van der Waals surface area contributed by atoms with Crippen LogP contribution in [0.4, 0.5) is 17.6 Å². The van der Waals surface area contributed by atoms with E-state index in [-0.39, 0.29) is 58.2 Å². The van der Waals surface area contributed by atoms with Gasteiger partial charge in [0.25, 0.3) is 5.91 Å². The van der Waals surface area contributed by atoms with Gasteiger partial charge in [-0.15, -0.1) is 11.3 Å². The lowest BCUT2D eigenvalue weighted by molar-refractivity contribution is -0.189. The number of thiazole rings is 1. The van der Waals surface area contributed by atoms with Gasteiger partial charge in [-0.3, -0.25) is 14.4 Å². The summed E-state index contributed by atoms with van der Waals surface area (Å²) in [4.78, 5) is 57.0. The van der Waals surface area contributed by atoms with Crippen molar-refractivity contribution in [3.05, 3.63) is 35.0 Å². The average Bonchev–Trinajstić information content (AvgIpc) is 3.45. The number of amides is 3. The molecule has 1 aliphatic carbocycles. The fraction of sp³-hybridized carbons (Fsp3) is 0.606. The van der Waals surface area contributed by atoms with Crippen LogP contribution in [-0.2, 0) is 40.0 Å². The topological polar surface area (TPSA) is 181 Å². The van der Waals surface area contributed by atoms with Crippen molar-refractivity contribution in [2.45, 2.75) is 103 Å². The van der Waals surface area contributed by atoms with Crippen LogP contribution < -0.4 is 15.4 Å². The number of nitrogens with one attached hydrogen (secondary N) is 2. The molecule has 0 bridgehead atoms. The number of rotatable bonds is 15. The van der Waals surface area contributed by atoms with Crippen LogP contribution in [-0.4, -0.2) is 96.0 Å². The molecule has 3 N–H and O–H groups in total. The molecule has 0 unspecified atom stereocenters. The SMILES string of the molecule is Cc1ncsc1-c1ccc(CNC(=O)[C@@H]2C[C@@H](O)CN2C(=O)[C@@H](NC(=O)C2(F)CC2)C(C)(C)C)c(OCCCCCS(=O)(=O)OC(=O)C(F)(F)F)c1. The van der Waals surface area contributed by atoms with E-state index in [4.69, 9.17) is 4.74 Å². The van der Waals surface area contributed by atoms with E-state index in [9.17, 15) is 50.3 Å². The monoisotopic (exact) mass is 778 g/mol. The van der Waals surface area contributed by atoms with Crippen LogP contribution in [0.3, 0.4) is 0 Å². The number of halogens is 4. The predicted molar refractivity (Wildman–Crippen MR) is 180 cm³/mol.